The van der Waals surface area contributed by atoms with E-state index in [1.807, 2.05) is 78.9 Å². The van der Waals surface area contributed by atoms with E-state index < -0.39 is 12.0 Å². The summed E-state index contributed by atoms with van der Waals surface area (Å²) in [7, 11) is 0. The Balaban J connectivity index is 1.14. The Hall–Kier alpha value is -5.69. The number of ether oxygens (including phenoxy) is 1. The minimum absolute atomic E-state index is 0.0180. The number of carboxylic acids is 1. The minimum Gasteiger partial charge on any atom is -0.492 e. The molecule has 0 aliphatic carbocycles. The van der Waals surface area contributed by atoms with Gasteiger partial charge in [0.2, 0.25) is 0 Å². The number of anilines is 1. The summed E-state index contributed by atoms with van der Waals surface area (Å²) in [6, 6.07) is 37.4. The number of hydrogen-bond donors (Lipinski definition) is 2. The Morgan fingerprint density at radius 1 is 0.727 bits per heavy atom. The number of para-hydroxylation sites is 3. The number of carboxylic acid groups (broad SMARTS) is 1. The molecule has 7 heteroatoms. The molecule has 1 unspecified atom stereocenters. The Labute approximate surface area is 254 Å². The maximum absolute atomic E-state index is 13.1. The lowest BCUT2D eigenvalue weighted by atomic mass is 10.00. The zero-order valence-electron chi connectivity index (χ0n) is 23.9. The Morgan fingerprint density at radius 3 is 1.98 bits per heavy atom. The van der Waals surface area contributed by atoms with Gasteiger partial charge in [-0.05, 0) is 54.1 Å². The van der Waals surface area contributed by atoms with Crippen LogP contribution in [0.15, 0.2) is 132 Å². The van der Waals surface area contributed by atoms with E-state index in [2.05, 4.69) is 9.88 Å². The molecule has 0 fully saturated rings. The van der Waals surface area contributed by atoms with Crippen molar-refractivity contribution in [2.75, 3.05) is 11.9 Å². The molecule has 6 aromatic rings. The van der Waals surface area contributed by atoms with Crippen LogP contribution in [0.5, 0.6) is 5.75 Å². The SMILES string of the molecule is O=C(c1ccccc1)c1ccccc1NC(Cc1ccc(OCCn2c3ccccc3c(=O)c3ccccc32)cc1)C(=O)O. The minimum atomic E-state index is -1.02. The van der Waals surface area contributed by atoms with Gasteiger partial charge < -0.3 is 19.7 Å². The lowest BCUT2D eigenvalue weighted by Crippen LogP contribution is -2.32. The maximum atomic E-state index is 13.1. The molecule has 0 radical (unpaired) electrons. The summed E-state index contributed by atoms with van der Waals surface area (Å²) in [5.74, 6) is -0.544. The highest BCUT2D eigenvalue weighted by atomic mass is 16.5. The van der Waals surface area contributed by atoms with E-state index in [4.69, 9.17) is 4.74 Å². The molecule has 2 N–H and O–H groups in total. The van der Waals surface area contributed by atoms with Crippen LogP contribution in [-0.2, 0) is 17.8 Å². The topological polar surface area (TPSA) is 97.6 Å². The Kier molecular flexibility index (Phi) is 8.19. The van der Waals surface area contributed by atoms with Crippen LogP contribution < -0.4 is 15.5 Å². The van der Waals surface area contributed by atoms with Crippen molar-refractivity contribution in [2.45, 2.75) is 19.0 Å². The summed E-state index contributed by atoms with van der Waals surface area (Å²) in [4.78, 5) is 38.3. The molecular weight excluding hydrogens is 552 g/mol. The number of aromatic nitrogens is 1. The molecule has 0 amide bonds. The first-order valence-corrected chi connectivity index (χ1v) is 14.4. The monoisotopic (exact) mass is 582 g/mol. The first-order valence-electron chi connectivity index (χ1n) is 14.4. The van der Waals surface area contributed by atoms with E-state index in [9.17, 15) is 19.5 Å². The van der Waals surface area contributed by atoms with Gasteiger partial charge in [0.25, 0.3) is 0 Å². The number of pyridine rings is 1. The van der Waals surface area contributed by atoms with Crippen LogP contribution in [0.2, 0.25) is 0 Å². The molecule has 1 aromatic heterocycles. The van der Waals surface area contributed by atoms with Crippen molar-refractivity contribution in [3.05, 3.63) is 154 Å². The van der Waals surface area contributed by atoms with Gasteiger partial charge in [-0.1, -0.05) is 78.9 Å². The largest absolute Gasteiger partial charge is 0.492 e. The molecular formula is C37H30N2O5. The third kappa shape index (κ3) is 5.94. The van der Waals surface area contributed by atoms with E-state index in [1.165, 1.54) is 0 Å². The van der Waals surface area contributed by atoms with Crippen molar-refractivity contribution < 1.29 is 19.4 Å². The molecule has 0 saturated carbocycles. The third-order valence-corrected chi connectivity index (χ3v) is 7.66. The quantitative estimate of drug-likeness (QED) is 0.132. The van der Waals surface area contributed by atoms with Crippen LogP contribution in [0.3, 0.4) is 0 Å². The standard InChI is InChI=1S/C37H30N2O5/c40-35(26-10-2-1-3-11-26)28-12-4-7-15-31(28)38-32(37(42)43)24-25-18-20-27(21-19-25)44-23-22-39-33-16-8-5-13-29(33)36(41)30-14-6-9-17-34(30)39/h1-21,32,38H,22-24H2,(H,42,43). The summed E-state index contributed by atoms with van der Waals surface area (Å²) in [5.41, 5.74) is 3.95. The number of carbonyl (C=O) groups excluding carboxylic acids is 1. The van der Waals surface area contributed by atoms with E-state index in [0.29, 0.717) is 46.5 Å². The highest BCUT2D eigenvalue weighted by molar-refractivity contribution is 6.12. The van der Waals surface area contributed by atoms with E-state index in [-0.39, 0.29) is 17.6 Å². The average molecular weight is 583 g/mol. The number of benzene rings is 5. The zero-order valence-corrected chi connectivity index (χ0v) is 23.9. The second-order valence-corrected chi connectivity index (χ2v) is 10.5. The number of ketones is 1. The van der Waals surface area contributed by atoms with Crippen LogP contribution in [0.25, 0.3) is 21.8 Å². The maximum Gasteiger partial charge on any atom is 0.326 e. The zero-order chi connectivity index (χ0) is 30.5. The number of nitrogens with one attached hydrogen (secondary N) is 1. The predicted octanol–water partition coefficient (Wildman–Crippen LogP) is 6.57. The van der Waals surface area contributed by atoms with Gasteiger partial charge in [0, 0.05) is 34.0 Å². The smallest absolute Gasteiger partial charge is 0.326 e. The first kappa shape index (κ1) is 28.4. The fourth-order valence-corrected chi connectivity index (χ4v) is 5.47. The second-order valence-electron chi connectivity index (χ2n) is 10.5. The van der Waals surface area contributed by atoms with Crippen molar-refractivity contribution in [3.8, 4) is 5.75 Å². The number of rotatable bonds is 11. The number of fused-ring (bicyclic) bond motifs is 2. The number of aliphatic carboxylic acids is 1. The molecule has 1 heterocycles. The van der Waals surface area contributed by atoms with Crippen LogP contribution >= 0.6 is 0 Å². The van der Waals surface area contributed by atoms with Gasteiger partial charge in [0.1, 0.15) is 18.4 Å². The molecule has 0 spiro atoms. The summed E-state index contributed by atoms with van der Waals surface area (Å²) >= 11 is 0. The van der Waals surface area contributed by atoms with Crippen molar-refractivity contribution in [2.24, 2.45) is 0 Å². The molecule has 44 heavy (non-hydrogen) atoms. The summed E-state index contributed by atoms with van der Waals surface area (Å²) in [6.07, 6.45) is 0.207. The van der Waals surface area contributed by atoms with Crippen molar-refractivity contribution in [1.82, 2.24) is 4.57 Å². The summed E-state index contributed by atoms with van der Waals surface area (Å²) in [5, 5.41) is 14.4. The predicted molar refractivity (Wildman–Crippen MR) is 173 cm³/mol. The van der Waals surface area contributed by atoms with Gasteiger partial charge in [-0.15, -0.1) is 0 Å². The van der Waals surface area contributed by atoms with Gasteiger partial charge in [0.05, 0.1) is 17.6 Å². The highest BCUT2D eigenvalue weighted by Crippen LogP contribution is 2.23. The third-order valence-electron chi connectivity index (χ3n) is 7.66. The fourth-order valence-electron chi connectivity index (χ4n) is 5.47. The van der Waals surface area contributed by atoms with Gasteiger partial charge in [-0.3, -0.25) is 9.59 Å². The average Bonchev–Trinajstić information content (AvgIpc) is 3.07. The number of carbonyl (C=O) groups is 2. The van der Waals surface area contributed by atoms with Gasteiger partial charge >= 0.3 is 5.97 Å². The van der Waals surface area contributed by atoms with Gasteiger partial charge in [0.15, 0.2) is 11.2 Å². The van der Waals surface area contributed by atoms with Crippen molar-refractivity contribution in [1.29, 1.82) is 0 Å². The fraction of sp³-hybridized carbons (Fsp3) is 0.108. The summed E-state index contributed by atoms with van der Waals surface area (Å²) in [6.45, 7) is 0.914. The van der Waals surface area contributed by atoms with Crippen LogP contribution in [-0.4, -0.2) is 34.1 Å². The molecule has 218 valence electrons. The van der Waals surface area contributed by atoms with E-state index in [1.54, 1.807) is 48.5 Å². The van der Waals surface area contributed by atoms with Crippen LogP contribution in [0, 0.1) is 0 Å². The lowest BCUT2D eigenvalue weighted by Gasteiger charge is -2.18. The second kappa shape index (κ2) is 12.7. The molecule has 1 atom stereocenters. The first-order chi connectivity index (χ1) is 21.5. The van der Waals surface area contributed by atoms with Crippen molar-refractivity contribution >= 4 is 39.2 Å². The molecule has 6 rings (SSSR count). The lowest BCUT2D eigenvalue weighted by molar-refractivity contribution is -0.137. The Morgan fingerprint density at radius 2 is 1.32 bits per heavy atom. The van der Waals surface area contributed by atoms with E-state index in [0.717, 1.165) is 16.6 Å². The van der Waals surface area contributed by atoms with Gasteiger partial charge in [-0.2, -0.15) is 0 Å². The van der Waals surface area contributed by atoms with Crippen molar-refractivity contribution in [3.63, 3.8) is 0 Å². The molecule has 5 aromatic carbocycles. The van der Waals surface area contributed by atoms with Crippen LogP contribution in [0.4, 0.5) is 5.69 Å². The highest BCUT2D eigenvalue weighted by Gasteiger charge is 2.21. The van der Waals surface area contributed by atoms with Gasteiger partial charge in [-0.25, -0.2) is 4.79 Å². The molecule has 0 aliphatic rings. The number of hydrogen-bond acceptors (Lipinski definition) is 5. The molecule has 0 aliphatic heterocycles. The number of nitrogens with zero attached hydrogens (tertiary/aromatic N) is 1. The normalized spacial score (nSPS) is 11.7. The summed E-state index contributed by atoms with van der Waals surface area (Å²) < 4.78 is 8.16. The Bertz CT molecular complexity index is 1960. The van der Waals surface area contributed by atoms with Crippen LogP contribution in [0.1, 0.15) is 21.5 Å². The molecule has 7 nitrogen and oxygen atoms in total. The molecule has 0 bridgehead atoms. The van der Waals surface area contributed by atoms with E-state index >= 15 is 0 Å². The molecule has 0 saturated heterocycles.